The van der Waals surface area contributed by atoms with Crippen molar-refractivity contribution in [2.75, 3.05) is 0 Å². The van der Waals surface area contributed by atoms with Crippen LogP contribution in [0.2, 0.25) is 0 Å². The molecule has 0 aliphatic rings. The average Bonchev–Trinajstić information content (AvgIpc) is 2.58. The second-order valence-corrected chi connectivity index (χ2v) is 5.54. The third-order valence-corrected chi connectivity index (χ3v) is 3.44. The molecule has 0 unspecified atom stereocenters. The van der Waals surface area contributed by atoms with Crippen LogP contribution in [0.3, 0.4) is 0 Å². The molecule has 2 heteroatoms. The third kappa shape index (κ3) is 5.26. The quantitative estimate of drug-likeness (QED) is 0.472. The maximum atomic E-state index is 5.57. The monoisotopic (exact) mass is 314 g/mol. The van der Waals surface area contributed by atoms with Crippen molar-refractivity contribution in [1.29, 1.82) is 0 Å². The first-order valence-electron chi connectivity index (χ1n) is 6.71. The van der Waals surface area contributed by atoms with Gasteiger partial charge in [0.25, 0.3) is 0 Å². The summed E-state index contributed by atoms with van der Waals surface area (Å²) >= 11 is 11.1. The molecule has 0 radical (unpaired) electrons. The van der Waals surface area contributed by atoms with E-state index >= 15 is 0 Å². The van der Waals surface area contributed by atoms with Crippen LogP contribution in [0.4, 0.5) is 0 Å². The van der Waals surface area contributed by atoms with E-state index in [2.05, 4.69) is 48.5 Å². The van der Waals surface area contributed by atoms with Crippen LogP contribution < -0.4 is 0 Å². The summed E-state index contributed by atoms with van der Waals surface area (Å²) < 4.78 is 0. The smallest absolute Gasteiger partial charge is 0.100 e. The number of alkyl halides is 2. The Kier molecular flexibility index (Phi) is 6.33. The number of rotatable bonds is 2. The molecule has 21 heavy (non-hydrogen) atoms. The van der Waals surface area contributed by atoms with Crippen LogP contribution in [-0.2, 0) is 0 Å². The largest absolute Gasteiger partial charge is 0.132 e. The predicted octanol–water partition coefficient (Wildman–Crippen LogP) is 6.52. The van der Waals surface area contributed by atoms with Crippen LogP contribution in [0, 0.1) is 0 Å². The summed E-state index contributed by atoms with van der Waals surface area (Å²) in [7, 11) is 0. The number of benzene rings is 3. The second-order valence-electron chi connectivity index (χ2n) is 4.44. The van der Waals surface area contributed by atoms with Crippen LogP contribution in [0.25, 0.3) is 11.1 Å². The van der Waals surface area contributed by atoms with Crippen molar-refractivity contribution in [3.05, 3.63) is 96.6 Å². The molecule has 0 spiro atoms. The van der Waals surface area contributed by atoms with Crippen molar-refractivity contribution in [3.8, 4) is 11.1 Å². The molecular weight excluding hydrogens is 299 g/mol. The number of hydrogen-bond donors (Lipinski definition) is 0. The molecule has 0 aromatic heterocycles. The van der Waals surface area contributed by atoms with E-state index in [4.69, 9.17) is 23.2 Å². The molecular formula is C19H16Cl2. The molecule has 0 amide bonds. The van der Waals surface area contributed by atoms with E-state index in [0.29, 0.717) is 0 Å². The Labute approximate surface area is 136 Å². The fourth-order valence-corrected chi connectivity index (χ4v) is 2.15. The van der Waals surface area contributed by atoms with Gasteiger partial charge in [-0.3, -0.25) is 0 Å². The van der Waals surface area contributed by atoms with E-state index in [1.54, 1.807) is 0 Å². The topological polar surface area (TPSA) is 0 Å². The normalized spacial score (nSPS) is 9.86. The Morgan fingerprint density at radius 3 is 1.10 bits per heavy atom. The molecule has 106 valence electrons. The van der Waals surface area contributed by atoms with E-state index in [9.17, 15) is 0 Å². The summed E-state index contributed by atoms with van der Waals surface area (Å²) in [5.74, 6) is 0. The maximum absolute atomic E-state index is 5.57. The Morgan fingerprint density at radius 2 is 0.810 bits per heavy atom. The van der Waals surface area contributed by atoms with E-state index < -0.39 is 4.84 Å². The van der Waals surface area contributed by atoms with Gasteiger partial charge in [-0.2, -0.15) is 0 Å². The minimum absolute atomic E-state index is 0.397. The van der Waals surface area contributed by atoms with Crippen molar-refractivity contribution >= 4 is 23.2 Å². The summed E-state index contributed by atoms with van der Waals surface area (Å²) in [5, 5.41) is 0. The zero-order valence-corrected chi connectivity index (χ0v) is 13.0. The molecule has 0 heterocycles. The van der Waals surface area contributed by atoms with Gasteiger partial charge < -0.3 is 0 Å². The molecule has 0 saturated heterocycles. The third-order valence-electron chi connectivity index (χ3n) is 2.93. The first-order chi connectivity index (χ1) is 10.3. The average molecular weight is 315 g/mol. The molecule has 0 N–H and O–H groups in total. The van der Waals surface area contributed by atoms with Crippen LogP contribution in [0.1, 0.15) is 10.4 Å². The molecule has 0 bridgehead atoms. The zero-order chi connectivity index (χ0) is 14.9. The first-order valence-corrected chi connectivity index (χ1v) is 7.58. The number of hydrogen-bond acceptors (Lipinski definition) is 0. The summed E-state index contributed by atoms with van der Waals surface area (Å²) in [5.41, 5.74) is 3.50. The van der Waals surface area contributed by atoms with Crippen LogP contribution in [0.5, 0.6) is 0 Å². The van der Waals surface area contributed by atoms with Gasteiger partial charge in [-0.25, -0.2) is 0 Å². The maximum Gasteiger partial charge on any atom is 0.132 e. The molecule has 0 saturated carbocycles. The van der Waals surface area contributed by atoms with E-state index in [0.717, 1.165) is 5.56 Å². The Morgan fingerprint density at radius 1 is 0.476 bits per heavy atom. The Hall–Kier alpha value is -1.76. The minimum Gasteiger partial charge on any atom is -0.100 e. The highest BCUT2D eigenvalue weighted by atomic mass is 35.5. The SMILES string of the molecule is ClC(Cl)c1ccccc1.c1ccc(-c2ccccc2)cc1. The lowest BCUT2D eigenvalue weighted by Gasteiger charge is -1.98. The molecule has 0 aliphatic carbocycles. The fraction of sp³-hybridized carbons (Fsp3) is 0.0526. The van der Waals surface area contributed by atoms with Gasteiger partial charge in [-0.1, -0.05) is 91.0 Å². The van der Waals surface area contributed by atoms with Gasteiger partial charge in [0.05, 0.1) is 0 Å². The number of halogens is 2. The molecule has 0 fully saturated rings. The van der Waals surface area contributed by atoms with Crippen molar-refractivity contribution in [3.63, 3.8) is 0 Å². The Balaban J connectivity index is 0.000000161. The predicted molar refractivity (Wildman–Crippen MR) is 92.8 cm³/mol. The molecule has 3 aromatic carbocycles. The summed E-state index contributed by atoms with van der Waals surface area (Å²) in [6.07, 6.45) is 0. The van der Waals surface area contributed by atoms with Gasteiger partial charge in [-0.05, 0) is 16.7 Å². The van der Waals surface area contributed by atoms with E-state index in [1.165, 1.54) is 11.1 Å². The molecule has 3 aromatic rings. The lowest BCUT2D eigenvalue weighted by atomic mass is 10.1. The fourth-order valence-electron chi connectivity index (χ4n) is 1.86. The molecule has 0 nitrogen and oxygen atoms in total. The summed E-state index contributed by atoms with van der Waals surface area (Å²) in [6, 6.07) is 30.3. The highest BCUT2D eigenvalue weighted by molar-refractivity contribution is 6.44. The lowest BCUT2D eigenvalue weighted by Crippen LogP contribution is -1.76. The summed E-state index contributed by atoms with van der Waals surface area (Å²) in [6.45, 7) is 0. The van der Waals surface area contributed by atoms with Crippen LogP contribution in [-0.4, -0.2) is 0 Å². The second kappa shape index (κ2) is 8.51. The molecule has 3 rings (SSSR count). The van der Waals surface area contributed by atoms with Gasteiger partial charge in [0.15, 0.2) is 0 Å². The zero-order valence-electron chi connectivity index (χ0n) is 11.5. The lowest BCUT2D eigenvalue weighted by molar-refractivity contribution is 1.35. The van der Waals surface area contributed by atoms with Gasteiger partial charge in [0, 0.05) is 0 Å². The van der Waals surface area contributed by atoms with Crippen LogP contribution in [0.15, 0.2) is 91.0 Å². The van der Waals surface area contributed by atoms with Crippen molar-refractivity contribution in [1.82, 2.24) is 0 Å². The van der Waals surface area contributed by atoms with E-state index in [-0.39, 0.29) is 0 Å². The van der Waals surface area contributed by atoms with Crippen LogP contribution >= 0.6 is 23.2 Å². The molecule has 0 atom stereocenters. The first kappa shape index (κ1) is 15.6. The Bertz CT molecular complexity index is 582. The standard InChI is InChI=1S/C12H10.C7H6Cl2/c1-3-7-11(8-4-1)12-9-5-2-6-10-12;8-7(9)6-4-2-1-3-5-6/h1-10H;1-5,7H. The minimum atomic E-state index is -0.397. The highest BCUT2D eigenvalue weighted by Crippen LogP contribution is 2.23. The van der Waals surface area contributed by atoms with E-state index in [1.807, 2.05) is 42.5 Å². The highest BCUT2D eigenvalue weighted by Gasteiger charge is 1.98. The van der Waals surface area contributed by atoms with Gasteiger partial charge in [0.1, 0.15) is 4.84 Å². The van der Waals surface area contributed by atoms with Crippen molar-refractivity contribution in [2.24, 2.45) is 0 Å². The van der Waals surface area contributed by atoms with Crippen molar-refractivity contribution in [2.45, 2.75) is 4.84 Å². The molecule has 0 aliphatic heterocycles. The van der Waals surface area contributed by atoms with Crippen molar-refractivity contribution < 1.29 is 0 Å². The van der Waals surface area contributed by atoms with Gasteiger partial charge >= 0.3 is 0 Å². The summed E-state index contributed by atoms with van der Waals surface area (Å²) in [4.78, 5) is -0.397. The van der Waals surface area contributed by atoms with Gasteiger partial charge in [-0.15, -0.1) is 23.2 Å². The van der Waals surface area contributed by atoms with Gasteiger partial charge in [0.2, 0.25) is 0 Å².